The summed E-state index contributed by atoms with van der Waals surface area (Å²) < 4.78 is 0. The van der Waals surface area contributed by atoms with E-state index in [1.54, 1.807) is 11.8 Å². The Morgan fingerprint density at radius 1 is 1.15 bits per heavy atom. The van der Waals surface area contributed by atoms with Crippen LogP contribution < -0.4 is 5.32 Å². The number of anilines is 1. The zero-order valence-electron chi connectivity index (χ0n) is 12.5. The van der Waals surface area contributed by atoms with Crippen LogP contribution >= 0.6 is 11.8 Å². The second kappa shape index (κ2) is 6.75. The van der Waals surface area contributed by atoms with Gasteiger partial charge < -0.3 is 5.32 Å². The molecule has 20 heavy (non-hydrogen) atoms. The van der Waals surface area contributed by atoms with Gasteiger partial charge in [-0.2, -0.15) is 0 Å². The third-order valence-electron chi connectivity index (χ3n) is 3.01. The van der Waals surface area contributed by atoms with Gasteiger partial charge in [0.05, 0.1) is 0 Å². The van der Waals surface area contributed by atoms with E-state index in [0.29, 0.717) is 5.95 Å². The molecule has 0 aliphatic heterocycles. The van der Waals surface area contributed by atoms with Crippen LogP contribution in [0.2, 0.25) is 0 Å². The van der Waals surface area contributed by atoms with Gasteiger partial charge in [0, 0.05) is 23.2 Å². The molecule has 0 unspecified atom stereocenters. The molecule has 0 aliphatic rings. The Labute approximate surface area is 125 Å². The Morgan fingerprint density at radius 2 is 1.95 bits per heavy atom. The zero-order valence-corrected chi connectivity index (χ0v) is 13.3. The SMILES string of the molecule is CCCNc1ncc(C)c(Sc2cc(C)ccc2C)n1. The predicted octanol–water partition coefficient (Wildman–Crippen LogP) is 4.37. The lowest BCUT2D eigenvalue weighted by Gasteiger charge is -2.10. The first-order valence-electron chi connectivity index (χ1n) is 6.92. The van der Waals surface area contributed by atoms with Crippen LogP contribution in [0.3, 0.4) is 0 Å². The van der Waals surface area contributed by atoms with Gasteiger partial charge in [0.1, 0.15) is 5.03 Å². The van der Waals surface area contributed by atoms with Gasteiger partial charge in [-0.1, -0.05) is 30.8 Å². The molecule has 4 heteroatoms. The van der Waals surface area contributed by atoms with Crippen molar-refractivity contribution in [3.05, 3.63) is 41.1 Å². The molecule has 0 saturated carbocycles. The van der Waals surface area contributed by atoms with E-state index in [9.17, 15) is 0 Å². The summed E-state index contributed by atoms with van der Waals surface area (Å²) in [5.74, 6) is 0.713. The first-order chi connectivity index (χ1) is 9.60. The number of rotatable bonds is 5. The average molecular weight is 287 g/mol. The smallest absolute Gasteiger partial charge is 0.223 e. The number of benzene rings is 1. The summed E-state index contributed by atoms with van der Waals surface area (Å²) >= 11 is 1.71. The van der Waals surface area contributed by atoms with E-state index >= 15 is 0 Å². The van der Waals surface area contributed by atoms with Crippen molar-refractivity contribution in [2.24, 2.45) is 0 Å². The van der Waals surface area contributed by atoms with Crippen molar-refractivity contribution in [2.75, 3.05) is 11.9 Å². The highest BCUT2D eigenvalue weighted by molar-refractivity contribution is 7.99. The summed E-state index contributed by atoms with van der Waals surface area (Å²) in [6.07, 6.45) is 2.95. The van der Waals surface area contributed by atoms with Crippen molar-refractivity contribution < 1.29 is 0 Å². The highest BCUT2D eigenvalue weighted by Gasteiger charge is 2.08. The fourth-order valence-electron chi connectivity index (χ4n) is 1.77. The number of aromatic nitrogens is 2. The van der Waals surface area contributed by atoms with Crippen LogP contribution in [0.15, 0.2) is 34.3 Å². The first kappa shape index (κ1) is 14.9. The van der Waals surface area contributed by atoms with Crippen molar-refractivity contribution in [2.45, 2.75) is 44.0 Å². The van der Waals surface area contributed by atoms with Gasteiger partial charge in [0.2, 0.25) is 5.95 Å². The molecule has 0 aliphatic carbocycles. The molecule has 0 bridgehead atoms. The quantitative estimate of drug-likeness (QED) is 0.828. The molecule has 0 amide bonds. The van der Waals surface area contributed by atoms with Crippen LogP contribution in [0.5, 0.6) is 0 Å². The summed E-state index contributed by atoms with van der Waals surface area (Å²) in [5.41, 5.74) is 3.66. The van der Waals surface area contributed by atoms with Crippen LogP contribution in [-0.2, 0) is 0 Å². The molecule has 0 radical (unpaired) electrons. The van der Waals surface area contributed by atoms with Crippen LogP contribution in [0.4, 0.5) is 5.95 Å². The highest BCUT2D eigenvalue weighted by atomic mass is 32.2. The van der Waals surface area contributed by atoms with Gasteiger partial charge in [0.25, 0.3) is 0 Å². The van der Waals surface area contributed by atoms with Crippen molar-refractivity contribution in [3.8, 4) is 0 Å². The Morgan fingerprint density at radius 3 is 2.70 bits per heavy atom. The lowest BCUT2D eigenvalue weighted by Crippen LogP contribution is -2.05. The topological polar surface area (TPSA) is 37.8 Å². The third kappa shape index (κ3) is 3.73. The Kier molecular flexibility index (Phi) is 5.01. The van der Waals surface area contributed by atoms with Crippen molar-refractivity contribution in [1.29, 1.82) is 0 Å². The number of hydrogen-bond donors (Lipinski definition) is 1. The van der Waals surface area contributed by atoms with Gasteiger partial charge in [-0.05, 0) is 44.4 Å². The number of nitrogens with one attached hydrogen (secondary N) is 1. The average Bonchev–Trinajstić information content (AvgIpc) is 2.43. The van der Waals surface area contributed by atoms with Crippen LogP contribution in [0.25, 0.3) is 0 Å². The summed E-state index contributed by atoms with van der Waals surface area (Å²) in [7, 11) is 0. The minimum atomic E-state index is 0.713. The van der Waals surface area contributed by atoms with E-state index in [0.717, 1.165) is 23.6 Å². The molecular formula is C16H21N3S. The fraction of sp³-hybridized carbons (Fsp3) is 0.375. The molecule has 0 fully saturated rings. The lowest BCUT2D eigenvalue weighted by atomic mass is 10.2. The summed E-state index contributed by atoms with van der Waals surface area (Å²) in [5, 5.41) is 4.26. The summed E-state index contributed by atoms with van der Waals surface area (Å²) in [4.78, 5) is 10.2. The minimum Gasteiger partial charge on any atom is -0.354 e. The maximum Gasteiger partial charge on any atom is 0.223 e. The first-order valence-corrected chi connectivity index (χ1v) is 7.74. The predicted molar refractivity (Wildman–Crippen MR) is 85.6 cm³/mol. The molecule has 3 nitrogen and oxygen atoms in total. The molecule has 2 aromatic rings. The monoisotopic (exact) mass is 287 g/mol. The summed E-state index contributed by atoms with van der Waals surface area (Å²) in [6.45, 7) is 9.33. The maximum atomic E-state index is 4.62. The molecule has 1 aromatic heterocycles. The van der Waals surface area contributed by atoms with Crippen molar-refractivity contribution in [1.82, 2.24) is 9.97 Å². The Hall–Kier alpha value is -1.55. The summed E-state index contributed by atoms with van der Waals surface area (Å²) in [6, 6.07) is 6.51. The zero-order chi connectivity index (χ0) is 14.5. The molecule has 106 valence electrons. The second-order valence-electron chi connectivity index (χ2n) is 4.98. The lowest BCUT2D eigenvalue weighted by molar-refractivity contribution is 0.925. The molecule has 0 saturated heterocycles. The molecule has 1 aromatic carbocycles. The van der Waals surface area contributed by atoms with Crippen LogP contribution in [0, 0.1) is 20.8 Å². The normalized spacial score (nSPS) is 10.6. The standard InChI is InChI=1S/C16H21N3S/c1-5-8-17-16-18-10-13(4)15(19-16)20-14-9-11(2)6-7-12(14)3/h6-7,9-10H,5,8H2,1-4H3,(H,17,18,19). The number of hydrogen-bond acceptors (Lipinski definition) is 4. The maximum absolute atomic E-state index is 4.62. The molecular weight excluding hydrogens is 266 g/mol. The minimum absolute atomic E-state index is 0.713. The van der Waals surface area contributed by atoms with E-state index < -0.39 is 0 Å². The van der Waals surface area contributed by atoms with Crippen molar-refractivity contribution in [3.63, 3.8) is 0 Å². The fourth-order valence-corrected chi connectivity index (χ4v) is 2.80. The van der Waals surface area contributed by atoms with Crippen LogP contribution in [-0.4, -0.2) is 16.5 Å². The van der Waals surface area contributed by atoms with Gasteiger partial charge in [-0.3, -0.25) is 0 Å². The van der Waals surface area contributed by atoms with E-state index in [-0.39, 0.29) is 0 Å². The van der Waals surface area contributed by atoms with Gasteiger partial charge >= 0.3 is 0 Å². The number of nitrogens with zero attached hydrogens (tertiary/aromatic N) is 2. The molecule has 1 heterocycles. The second-order valence-corrected chi connectivity index (χ2v) is 6.01. The van der Waals surface area contributed by atoms with Gasteiger partial charge in [-0.25, -0.2) is 9.97 Å². The largest absolute Gasteiger partial charge is 0.354 e. The van der Waals surface area contributed by atoms with E-state index in [1.165, 1.54) is 16.0 Å². The third-order valence-corrected chi connectivity index (χ3v) is 4.28. The molecule has 0 spiro atoms. The van der Waals surface area contributed by atoms with E-state index in [1.807, 2.05) is 6.20 Å². The molecule has 1 N–H and O–H groups in total. The Balaban J connectivity index is 2.25. The van der Waals surface area contributed by atoms with Gasteiger partial charge in [0.15, 0.2) is 0 Å². The number of aryl methyl sites for hydroxylation is 3. The van der Waals surface area contributed by atoms with E-state index in [4.69, 9.17) is 0 Å². The van der Waals surface area contributed by atoms with Crippen molar-refractivity contribution >= 4 is 17.7 Å². The molecule has 0 atom stereocenters. The van der Waals surface area contributed by atoms with E-state index in [2.05, 4.69) is 61.2 Å². The van der Waals surface area contributed by atoms with Crippen LogP contribution in [0.1, 0.15) is 30.0 Å². The van der Waals surface area contributed by atoms with Gasteiger partial charge in [-0.15, -0.1) is 0 Å². The highest BCUT2D eigenvalue weighted by Crippen LogP contribution is 2.31. The molecule has 2 rings (SSSR count). The Bertz CT molecular complexity index is 596.